The van der Waals surface area contributed by atoms with Gasteiger partial charge in [0, 0.05) is 32.3 Å². The predicted octanol–water partition coefficient (Wildman–Crippen LogP) is 1.88. The van der Waals surface area contributed by atoms with Gasteiger partial charge in [-0.3, -0.25) is 0 Å². The minimum atomic E-state index is 0.471. The summed E-state index contributed by atoms with van der Waals surface area (Å²) in [5, 5.41) is 3.55. The molecule has 2 fully saturated rings. The topological polar surface area (TPSA) is 24.5 Å². The summed E-state index contributed by atoms with van der Waals surface area (Å²) in [6.07, 6.45) is 7.28. The molecule has 2 unspecified atom stereocenters. The standard InChI is InChI=1S/C14H28N2O/c1-12(16(2)11-13-5-3-6-13)9-15-10-14-7-4-8-17-14/h12-15H,3-11H2,1-2H3. The molecule has 2 aliphatic rings. The molecular weight excluding hydrogens is 212 g/mol. The lowest BCUT2D eigenvalue weighted by atomic mass is 9.85. The van der Waals surface area contributed by atoms with E-state index in [9.17, 15) is 0 Å². The van der Waals surface area contributed by atoms with Gasteiger partial charge in [-0.1, -0.05) is 6.42 Å². The second-order valence-corrected chi connectivity index (χ2v) is 5.88. The minimum Gasteiger partial charge on any atom is -0.377 e. The molecule has 0 amide bonds. The van der Waals surface area contributed by atoms with E-state index in [1.807, 2.05) is 0 Å². The molecule has 0 spiro atoms. The Hall–Kier alpha value is -0.120. The molecule has 0 bridgehead atoms. The van der Waals surface area contributed by atoms with Crippen molar-refractivity contribution in [2.45, 2.75) is 51.2 Å². The van der Waals surface area contributed by atoms with Crippen LogP contribution in [-0.4, -0.2) is 50.3 Å². The highest BCUT2D eigenvalue weighted by Crippen LogP contribution is 2.27. The quantitative estimate of drug-likeness (QED) is 0.735. The normalized spacial score (nSPS) is 27.4. The average Bonchev–Trinajstić information content (AvgIpc) is 2.76. The maximum absolute atomic E-state index is 5.61. The molecule has 2 atom stereocenters. The fourth-order valence-corrected chi connectivity index (χ4v) is 2.68. The Kier molecular flexibility index (Phi) is 5.26. The van der Waals surface area contributed by atoms with E-state index >= 15 is 0 Å². The van der Waals surface area contributed by atoms with Gasteiger partial charge in [-0.2, -0.15) is 0 Å². The van der Waals surface area contributed by atoms with Crippen LogP contribution in [0.5, 0.6) is 0 Å². The fraction of sp³-hybridized carbons (Fsp3) is 1.00. The molecule has 17 heavy (non-hydrogen) atoms. The third-order valence-corrected chi connectivity index (χ3v) is 4.36. The fourth-order valence-electron chi connectivity index (χ4n) is 2.68. The van der Waals surface area contributed by atoms with Gasteiger partial charge in [0.15, 0.2) is 0 Å². The Morgan fingerprint density at radius 2 is 2.12 bits per heavy atom. The first-order valence-electron chi connectivity index (χ1n) is 7.28. The average molecular weight is 240 g/mol. The van der Waals surface area contributed by atoms with Crippen LogP contribution in [0, 0.1) is 5.92 Å². The highest BCUT2D eigenvalue weighted by Gasteiger charge is 2.21. The van der Waals surface area contributed by atoms with Crippen LogP contribution in [0.15, 0.2) is 0 Å². The number of rotatable bonds is 7. The number of hydrogen-bond acceptors (Lipinski definition) is 3. The molecule has 0 aromatic rings. The number of nitrogens with zero attached hydrogens (tertiary/aromatic N) is 1. The van der Waals surface area contributed by atoms with Crippen molar-refractivity contribution >= 4 is 0 Å². The molecule has 1 N–H and O–H groups in total. The van der Waals surface area contributed by atoms with Gasteiger partial charge < -0.3 is 15.0 Å². The molecule has 0 aromatic heterocycles. The van der Waals surface area contributed by atoms with Crippen LogP contribution in [0.4, 0.5) is 0 Å². The van der Waals surface area contributed by atoms with Gasteiger partial charge in [0.05, 0.1) is 6.10 Å². The third kappa shape index (κ3) is 4.23. The zero-order chi connectivity index (χ0) is 12.1. The van der Waals surface area contributed by atoms with Gasteiger partial charge in [0.25, 0.3) is 0 Å². The summed E-state index contributed by atoms with van der Waals surface area (Å²) in [7, 11) is 2.26. The number of likely N-dealkylation sites (N-methyl/N-ethyl adjacent to an activating group) is 1. The van der Waals surface area contributed by atoms with Crippen molar-refractivity contribution in [2.24, 2.45) is 5.92 Å². The summed E-state index contributed by atoms with van der Waals surface area (Å²) >= 11 is 0. The van der Waals surface area contributed by atoms with Crippen LogP contribution in [0.25, 0.3) is 0 Å². The highest BCUT2D eigenvalue weighted by molar-refractivity contribution is 4.76. The Morgan fingerprint density at radius 3 is 2.71 bits per heavy atom. The SMILES string of the molecule is CC(CNCC1CCCO1)N(C)CC1CCC1. The van der Waals surface area contributed by atoms with E-state index < -0.39 is 0 Å². The second kappa shape index (κ2) is 6.72. The zero-order valence-corrected chi connectivity index (χ0v) is 11.5. The van der Waals surface area contributed by atoms with Crippen molar-refractivity contribution in [3.63, 3.8) is 0 Å². The van der Waals surface area contributed by atoms with Crippen LogP contribution >= 0.6 is 0 Å². The molecule has 2 rings (SSSR count). The van der Waals surface area contributed by atoms with E-state index in [2.05, 4.69) is 24.2 Å². The van der Waals surface area contributed by atoms with Gasteiger partial charge >= 0.3 is 0 Å². The van der Waals surface area contributed by atoms with E-state index in [4.69, 9.17) is 4.74 Å². The first-order valence-corrected chi connectivity index (χ1v) is 7.28. The van der Waals surface area contributed by atoms with Crippen molar-refractivity contribution in [3.8, 4) is 0 Å². The monoisotopic (exact) mass is 240 g/mol. The van der Waals surface area contributed by atoms with E-state index in [1.54, 1.807) is 0 Å². The van der Waals surface area contributed by atoms with E-state index in [0.717, 1.165) is 25.6 Å². The molecule has 100 valence electrons. The summed E-state index contributed by atoms with van der Waals surface area (Å²) in [5.41, 5.74) is 0. The van der Waals surface area contributed by atoms with E-state index in [0.29, 0.717) is 12.1 Å². The molecule has 1 heterocycles. The van der Waals surface area contributed by atoms with Crippen LogP contribution in [0.2, 0.25) is 0 Å². The van der Waals surface area contributed by atoms with Crippen molar-refractivity contribution in [3.05, 3.63) is 0 Å². The smallest absolute Gasteiger partial charge is 0.0700 e. The van der Waals surface area contributed by atoms with Crippen molar-refractivity contribution < 1.29 is 4.74 Å². The molecule has 1 saturated heterocycles. The molecule has 3 nitrogen and oxygen atoms in total. The Bertz CT molecular complexity index is 212. The van der Waals surface area contributed by atoms with Crippen LogP contribution in [-0.2, 0) is 4.74 Å². The summed E-state index contributed by atoms with van der Waals surface area (Å²) in [5.74, 6) is 0.973. The third-order valence-electron chi connectivity index (χ3n) is 4.36. The number of hydrogen-bond donors (Lipinski definition) is 1. The van der Waals surface area contributed by atoms with E-state index in [1.165, 1.54) is 38.6 Å². The van der Waals surface area contributed by atoms with E-state index in [-0.39, 0.29) is 0 Å². The van der Waals surface area contributed by atoms with Gasteiger partial charge in [-0.15, -0.1) is 0 Å². The summed E-state index contributed by atoms with van der Waals surface area (Å²) in [6.45, 7) is 6.68. The number of nitrogens with one attached hydrogen (secondary N) is 1. The van der Waals surface area contributed by atoms with Gasteiger partial charge in [-0.25, -0.2) is 0 Å². The lowest BCUT2D eigenvalue weighted by Crippen LogP contribution is -2.42. The largest absolute Gasteiger partial charge is 0.377 e. The molecule has 1 saturated carbocycles. The zero-order valence-electron chi connectivity index (χ0n) is 11.5. The first kappa shape index (κ1) is 13.3. The molecule has 1 aliphatic heterocycles. The molecule has 1 aliphatic carbocycles. The lowest BCUT2D eigenvalue weighted by molar-refractivity contribution is 0.106. The van der Waals surface area contributed by atoms with Gasteiger partial charge in [0.2, 0.25) is 0 Å². The first-order chi connectivity index (χ1) is 8.25. The maximum atomic E-state index is 5.61. The second-order valence-electron chi connectivity index (χ2n) is 5.88. The summed E-state index contributed by atoms with van der Waals surface area (Å²) < 4.78 is 5.61. The van der Waals surface area contributed by atoms with Crippen LogP contribution < -0.4 is 5.32 Å². The molecular formula is C14H28N2O. The van der Waals surface area contributed by atoms with Crippen LogP contribution in [0.3, 0.4) is 0 Å². The summed E-state index contributed by atoms with van der Waals surface area (Å²) in [4.78, 5) is 2.51. The van der Waals surface area contributed by atoms with Crippen molar-refractivity contribution in [1.82, 2.24) is 10.2 Å². The van der Waals surface area contributed by atoms with Crippen molar-refractivity contribution in [1.29, 1.82) is 0 Å². The summed E-state index contributed by atoms with van der Waals surface area (Å²) in [6, 6.07) is 0.636. The molecule has 3 heteroatoms. The van der Waals surface area contributed by atoms with Crippen LogP contribution in [0.1, 0.15) is 39.0 Å². The Morgan fingerprint density at radius 1 is 1.29 bits per heavy atom. The minimum absolute atomic E-state index is 0.471. The highest BCUT2D eigenvalue weighted by atomic mass is 16.5. The lowest BCUT2D eigenvalue weighted by Gasteiger charge is -2.33. The van der Waals surface area contributed by atoms with Gasteiger partial charge in [-0.05, 0) is 45.6 Å². The van der Waals surface area contributed by atoms with Gasteiger partial charge in [0.1, 0.15) is 0 Å². The Balaban J connectivity index is 1.53. The Labute approximate surface area is 106 Å². The molecule has 0 aromatic carbocycles. The van der Waals surface area contributed by atoms with Crippen molar-refractivity contribution in [2.75, 3.05) is 33.3 Å². The number of ether oxygens (including phenoxy) is 1. The molecule has 0 radical (unpaired) electrons. The maximum Gasteiger partial charge on any atom is 0.0700 e. The predicted molar refractivity (Wildman–Crippen MR) is 71.3 cm³/mol.